The van der Waals surface area contributed by atoms with Crippen molar-refractivity contribution in [3.8, 4) is 23.8 Å². The van der Waals surface area contributed by atoms with E-state index in [1.807, 2.05) is 0 Å². The van der Waals surface area contributed by atoms with Crippen LogP contribution in [0.2, 0.25) is 0 Å². The Balaban J connectivity index is 1.62. The number of hydrogen-bond acceptors (Lipinski definition) is 6. The molecule has 8 nitrogen and oxygen atoms in total. The maximum Gasteiger partial charge on any atom is 0.410 e. The molecule has 1 amide bonds. The zero-order valence-corrected chi connectivity index (χ0v) is 17.3. The number of piperidine rings is 1. The molecule has 0 saturated carbocycles. The van der Waals surface area contributed by atoms with Crippen LogP contribution in [0.15, 0.2) is 52.3 Å². The molecule has 0 radical (unpaired) electrons. The monoisotopic (exact) mass is 430 g/mol. The number of nitrogens with zero attached hydrogens (tertiary/aromatic N) is 2. The lowest BCUT2D eigenvalue weighted by Gasteiger charge is -2.31. The van der Waals surface area contributed by atoms with Crippen LogP contribution < -0.4 is 10.3 Å². The molecule has 0 aliphatic carbocycles. The number of benzene rings is 1. The Morgan fingerprint density at radius 1 is 1.20 bits per heavy atom. The Kier molecular flexibility index (Phi) is 6.47. The van der Waals surface area contributed by atoms with E-state index in [4.69, 9.17) is 15.9 Å². The van der Waals surface area contributed by atoms with Crippen molar-refractivity contribution in [1.82, 2.24) is 9.47 Å². The molecule has 2 heterocycles. The van der Waals surface area contributed by atoms with Gasteiger partial charge in [0.15, 0.2) is 16.4 Å². The first kappa shape index (κ1) is 21.5. The van der Waals surface area contributed by atoms with Gasteiger partial charge in [-0.05, 0) is 30.3 Å². The zero-order valence-electron chi connectivity index (χ0n) is 16.5. The molecule has 9 heteroatoms. The average molecular weight is 430 g/mol. The van der Waals surface area contributed by atoms with Gasteiger partial charge in [-0.3, -0.25) is 9.36 Å². The fourth-order valence-corrected chi connectivity index (χ4v) is 3.78. The normalized spacial score (nSPS) is 14.7. The summed E-state index contributed by atoms with van der Waals surface area (Å²) in [6.07, 6.45) is 8.46. The zero-order chi connectivity index (χ0) is 21.7. The number of terminal acetylenes is 1. The maximum absolute atomic E-state index is 12.5. The van der Waals surface area contributed by atoms with Crippen LogP contribution in [-0.4, -0.2) is 56.0 Å². The molecule has 0 atom stereocenters. The van der Waals surface area contributed by atoms with Crippen LogP contribution in [0.25, 0.3) is 5.69 Å². The molecule has 0 N–H and O–H groups in total. The van der Waals surface area contributed by atoms with E-state index in [1.165, 1.54) is 22.8 Å². The summed E-state index contributed by atoms with van der Waals surface area (Å²) in [5.41, 5.74) is 0.257. The molecule has 1 aromatic carbocycles. The van der Waals surface area contributed by atoms with Gasteiger partial charge in [0.2, 0.25) is 0 Å². The van der Waals surface area contributed by atoms with Gasteiger partial charge >= 0.3 is 6.09 Å². The number of amides is 1. The minimum absolute atomic E-state index is 0.0530. The van der Waals surface area contributed by atoms with E-state index in [0.29, 0.717) is 37.4 Å². The van der Waals surface area contributed by atoms with Crippen LogP contribution in [0, 0.1) is 12.3 Å². The van der Waals surface area contributed by atoms with E-state index in [9.17, 15) is 18.0 Å². The topological polar surface area (TPSA) is 94.9 Å². The average Bonchev–Trinajstić information content (AvgIpc) is 2.72. The maximum atomic E-state index is 12.5. The third-order valence-corrected chi connectivity index (χ3v) is 5.84. The van der Waals surface area contributed by atoms with Crippen molar-refractivity contribution in [3.05, 3.63) is 52.9 Å². The summed E-state index contributed by atoms with van der Waals surface area (Å²) < 4.78 is 35.3. The second kappa shape index (κ2) is 9.05. The van der Waals surface area contributed by atoms with Crippen molar-refractivity contribution < 1.29 is 22.7 Å². The Morgan fingerprint density at radius 3 is 2.43 bits per heavy atom. The van der Waals surface area contributed by atoms with E-state index in [1.54, 1.807) is 29.3 Å². The standard InChI is InChI=1S/C21H22N2O6S/c1-3-14-28-21(25)22-11-8-17(9-12-22)29-18-10-13-23(20(24)15-18)16-4-6-19(7-5-16)30(2,26)27/h1,4-7,10,13,15,17H,8-9,11-12,14H2,2H3. The quantitative estimate of drug-likeness (QED) is 0.672. The van der Waals surface area contributed by atoms with Gasteiger partial charge in [-0.1, -0.05) is 5.92 Å². The lowest BCUT2D eigenvalue weighted by molar-refractivity contribution is 0.0739. The van der Waals surface area contributed by atoms with Crippen molar-refractivity contribution >= 4 is 15.9 Å². The third-order valence-electron chi connectivity index (χ3n) is 4.72. The van der Waals surface area contributed by atoms with Gasteiger partial charge in [-0.2, -0.15) is 0 Å². The molecule has 1 saturated heterocycles. The second-order valence-electron chi connectivity index (χ2n) is 6.90. The third kappa shape index (κ3) is 5.21. The van der Waals surface area contributed by atoms with E-state index in [0.717, 1.165) is 6.26 Å². The lowest BCUT2D eigenvalue weighted by atomic mass is 10.1. The fourth-order valence-electron chi connectivity index (χ4n) is 3.14. The van der Waals surface area contributed by atoms with Crippen LogP contribution in [0.4, 0.5) is 4.79 Å². The highest BCUT2D eigenvalue weighted by atomic mass is 32.2. The molecular formula is C21H22N2O6S. The molecule has 0 bridgehead atoms. The number of carbonyl (C=O) groups excluding carboxylic acids is 1. The Bertz CT molecular complexity index is 1110. The summed E-state index contributed by atoms with van der Waals surface area (Å²) >= 11 is 0. The SMILES string of the molecule is C#CCOC(=O)N1CCC(Oc2ccn(-c3ccc(S(C)(=O)=O)cc3)c(=O)c2)CC1. The second-order valence-corrected chi connectivity index (χ2v) is 8.92. The molecule has 0 spiro atoms. The fraction of sp³-hybridized carbons (Fsp3) is 0.333. The van der Waals surface area contributed by atoms with Gasteiger partial charge in [0.1, 0.15) is 11.9 Å². The van der Waals surface area contributed by atoms with Crippen LogP contribution in [0.3, 0.4) is 0 Å². The number of hydrogen-bond donors (Lipinski definition) is 0. The first-order valence-electron chi connectivity index (χ1n) is 9.33. The van der Waals surface area contributed by atoms with Gasteiger partial charge in [-0.15, -0.1) is 6.42 Å². The van der Waals surface area contributed by atoms with Crippen LogP contribution in [-0.2, 0) is 14.6 Å². The molecule has 3 rings (SSSR count). The summed E-state index contributed by atoms with van der Waals surface area (Å²) in [5.74, 6) is 2.70. The lowest BCUT2D eigenvalue weighted by Crippen LogP contribution is -2.42. The Labute approximate surface area is 174 Å². The summed E-state index contributed by atoms with van der Waals surface area (Å²) in [5, 5.41) is 0. The number of likely N-dealkylation sites (tertiary alicyclic amines) is 1. The molecule has 1 aliphatic heterocycles. The molecule has 158 valence electrons. The Hall–Kier alpha value is -3.25. The van der Waals surface area contributed by atoms with Gasteiger partial charge in [0.25, 0.3) is 5.56 Å². The molecule has 1 fully saturated rings. The molecule has 0 unspecified atom stereocenters. The van der Waals surface area contributed by atoms with Crippen LogP contribution >= 0.6 is 0 Å². The van der Waals surface area contributed by atoms with Gasteiger partial charge < -0.3 is 14.4 Å². The number of aromatic nitrogens is 1. The largest absolute Gasteiger partial charge is 0.490 e. The molecule has 1 aliphatic rings. The summed E-state index contributed by atoms with van der Waals surface area (Å²) in [6.45, 7) is 0.915. The van der Waals surface area contributed by atoms with E-state index >= 15 is 0 Å². The van der Waals surface area contributed by atoms with Crippen molar-refractivity contribution in [2.45, 2.75) is 23.8 Å². The highest BCUT2D eigenvalue weighted by molar-refractivity contribution is 7.90. The summed E-state index contributed by atoms with van der Waals surface area (Å²) in [4.78, 5) is 26.1. The number of pyridine rings is 1. The number of rotatable bonds is 5. The minimum Gasteiger partial charge on any atom is -0.490 e. The Morgan fingerprint density at radius 2 is 1.87 bits per heavy atom. The summed E-state index contributed by atoms with van der Waals surface area (Å²) in [6, 6.07) is 9.14. The van der Waals surface area contributed by atoms with Crippen molar-refractivity contribution in [1.29, 1.82) is 0 Å². The van der Waals surface area contributed by atoms with E-state index in [-0.39, 0.29) is 23.2 Å². The molecule has 2 aromatic rings. The highest BCUT2D eigenvalue weighted by Gasteiger charge is 2.25. The van der Waals surface area contributed by atoms with Gasteiger partial charge in [-0.25, -0.2) is 13.2 Å². The number of sulfone groups is 1. The van der Waals surface area contributed by atoms with Gasteiger partial charge in [0, 0.05) is 50.1 Å². The summed E-state index contributed by atoms with van der Waals surface area (Å²) in [7, 11) is -3.30. The smallest absolute Gasteiger partial charge is 0.410 e. The van der Waals surface area contributed by atoms with E-state index < -0.39 is 15.9 Å². The predicted octanol–water partition coefficient (Wildman–Crippen LogP) is 1.85. The van der Waals surface area contributed by atoms with Crippen molar-refractivity contribution in [3.63, 3.8) is 0 Å². The van der Waals surface area contributed by atoms with Crippen LogP contribution in [0.5, 0.6) is 5.75 Å². The van der Waals surface area contributed by atoms with Crippen molar-refractivity contribution in [2.75, 3.05) is 26.0 Å². The number of ether oxygens (including phenoxy) is 2. The number of carbonyl (C=O) groups is 1. The highest BCUT2D eigenvalue weighted by Crippen LogP contribution is 2.19. The molecular weight excluding hydrogens is 408 g/mol. The predicted molar refractivity (Wildman–Crippen MR) is 111 cm³/mol. The first-order chi connectivity index (χ1) is 14.3. The minimum atomic E-state index is -3.30. The molecule has 30 heavy (non-hydrogen) atoms. The van der Waals surface area contributed by atoms with Gasteiger partial charge in [0.05, 0.1) is 4.90 Å². The van der Waals surface area contributed by atoms with E-state index in [2.05, 4.69) is 5.92 Å². The van der Waals surface area contributed by atoms with Crippen molar-refractivity contribution in [2.24, 2.45) is 0 Å². The van der Waals surface area contributed by atoms with Crippen LogP contribution in [0.1, 0.15) is 12.8 Å². The molecule has 1 aromatic heterocycles. The first-order valence-corrected chi connectivity index (χ1v) is 11.2.